The third-order valence-electron chi connectivity index (χ3n) is 16.0. The largest absolute Gasteiger partial charge is 0.466 e. The monoisotopic (exact) mass is 1060 g/mol. The highest BCUT2D eigenvalue weighted by atomic mass is 16.5. The minimum absolute atomic E-state index is 0.00845. The second-order valence-electron chi connectivity index (χ2n) is 23.5. The van der Waals surface area contributed by atoms with Gasteiger partial charge in [-0.25, -0.2) is 0 Å². The highest BCUT2D eigenvalue weighted by molar-refractivity contribution is 5.76. The number of amides is 1. The van der Waals surface area contributed by atoms with Gasteiger partial charge in [0, 0.05) is 12.8 Å². The third kappa shape index (κ3) is 61.4. The molecule has 3 N–H and O–H groups in total. The Morgan fingerprint density at radius 2 is 0.627 bits per heavy atom. The van der Waals surface area contributed by atoms with Gasteiger partial charge in [-0.1, -0.05) is 314 Å². The lowest BCUT2D eigenvalue weighted by atomic mass is 10.0. The first-order valence-corrected chi connectivity index (χ1v) is 34.1. The number of nitrogens with one attached hydrogen (secondary N) is 1. The first-order chi connectivity index (χ1) is 37.0. The summed E-state index contributed by atoms with van der Waals surface area (Å²) in [4.78, 5) is 24.6. The standard InChI is InChI=1S/C69H133NO5/c1-3-5-7-9-11-13-15-17-33-37-41-45-49-53-57-61-67(72)66(65-71)70-68(73)62-58-54-50-46-42-38-35-31-29-27-25-23-21-19-20-22-24-26-28-30-32-36-40-44-48-52-56-60-64-75-69(74)63-59-55-51-47-43-39-34-18-16-14-12-10-8-6-4-2/h18-20,34,66-67,71-72H,3-17,21-33,35-65H2,1-2H3,(H,70,73)/b20-19-,34-18-. The number of unbranched alkanes of at least 4 members (excludes halogenated alkanes) is 49. The summed E-state index contributed by atoms with van der Waals surface area (Å²) in [5.41, 5.74) is 0. The Morgan fingerprint density at radius 3 is 0.947 bits per heavy atom. The van der Waals surface area contributed by atoms with Crippen molar-refractivity contribution >= 4 is 11.9 Å². The molecule has 0 aliphatic heterocycles. The molecule has 0 heterocycles. The Morgan fingerprint density at radius 1 is 0.360 bits per heavy atom. The van der Waals surface area contributed by atoms with Crippen molar-refractivity contribution in [2.24, 2.45) is 0 Å². The van der Waals surface area contributed by atoms with Crippen LogP contribution >= 0.6 is 0 Å². The molecular weight excluding hydrogens is 923 g/mol. The summed E-state index contributed by atoms with van der Waals surface area (Å²) in [5.74, 6) is -0.0239. The van der Waals surface area contributed by atoms with Gasteiger partial charge in [-0.05, 0) is 77.0 Å². The molecule has 0 saturated heterocycles. The van der Waals surface area contributed by atoms with Gasteiger partial charge in [-0.2, -0.15) is 0 Å². The Labute approximate surface area is 469 Å². The number of aliphatic hydroxyl groups excluding tert-OH is 2. The van der Waals surface area contributed by atoms with Crippen LogP contribution in [-0.2, 0) is 14.3 Å². The Kier molecular flexibility index (Phi) is 63.4. The molecule has 6 nitrogen and oxygen atoms in total. The molecule has 0 fully saturated rings. The van der Waals surface area contributed by atoms with Gasteiger partial charge in [0.05, 0.1) is 25.4 Å². The van der Waals surface area contributed by atoms with Crippen LogP contribution in [0.5, 0.6) is 0 Å². The molecule has 444 valence electrons. The number of ether oxygens (including phenoxy) is 1. The molecular formula is C69H133NO5. The van der Waals surface area contributed by atoms with Crippen LogP contribution in [0.15, 0.2) is 24.3 Å². The fraction of sp³-hybridized carbons (Fsp3) is 0.913. The van der Waals surface area contributed by atoms with Crippen molar-refractivity contribution in [3.8, 4) is 0 Å². The molecule has 0 radical (unpaired) electrons. The van der Waals surface area contributed by atoms with Gasteiger partial charge in [0.25, 0.3) is 0 Å². The van der Waals surface area contributed by atoms with Crippen LogP contribution < -0.4 is 5.32 Å². The molecule has 75 heavy (non-hydrogen) atoms. The molecule has 0 aromatic heterocycles. The fourth-order valence-corrected chi connectivity index (χ4v) is 10.7. The van der Waals surface area contributed by atoms with Gasteiger partial charge in [-0.15, -0.1) is 0 Å². The molecule has 0 aliphatic rings. The maximum Gasteiger partial charge on any atom is 0.305 e. The summed E-state index contributed by atoms with van der Waals surface area (Å²) in [5, 5.41) is 23.3. The van der Waals surface area contributed by atoms with E-state index in [1.54, 1.807) is 0 Å². The Hall–Kier alpha value is -1.66. The summed E-state index contributed by atoms with van der Waals surface area (Å²) in [6.07, 6.45) is 80.7. The molecule has 0 aromatic rings. The maximum atomic E-state index is 12.5. The molecule has 0 saturated carbocycles. The summed E-state index contributed by atoms with van der Waals surface area (Å²) in [6.45, 7) is 4.97. The van der Waals surface area contributed by atoms with Crippen molar-refractivity contribution in [1.29, 1.82) is 0 Å². The SMILES string of the molecule is CCCCCCCC/C=C\CCCCCCCC(=O)OCCCCCCCCCCCCCC/C=C\CCCCCCCCCCCCCCC(=O)NC(CO)C(O)CCCCCCCCCCCCCCCCC. The van der Waals surface area contributed by atoms with E-state index in [0.29, 0.717) is 25.9 Å². The molecule has 0 aromatic carbocycles. The molecule has 0 bridgehead atoms. The zero-order valence-corrected chi connectivity index (χ0v) is 50.8. The van der Waals surface area contributed by atoms with E-state index in [9.17, 15) is 19.8 Å². The second-order valence-corrected chi connectivity index (χ2v) is 23.5. The third-order valence-corrected chi connectivity index (χ3v) is 16.0. The van der Waals surface area contributed by atoms with Crippen molar-refractivity contribution in [3.63, 3.8) is 0 Å². The van der Waals surface area contributed by atoms with Gasteiger partial charge in [0.2, 0.25) is 5.91 Å². The van der Waals surface area contributed by atoms with E-state index in [0.717, 1.165) is 44.9 Å². The topological polar surface area (TPSA) is 95.9 Å². The zero-order chi connectivity index (χ0) is 54.3. The second kappa shape index (κ2) is 64.9. The van der Waals surface area contributed by atoms with Crippen LogP contribution in [0, 0.1) is 0 Å². The molecule has 0 rings (SSSR count). The smallest absolute Gasteiger partial charge is 0.305 e. The number of carbonyl (C=O) groups excluding carboxylic acids is 2. The number of rotatable bonds is 64. The highest BCUT2D eigenvalue weighted by Crippen LogP contribution is 2.18. The van der Waals surface area contributed by atoms with E-state index in [1.165, 1.54) is 302 Å². The molecule has 0 spiro atoms. The first-order valence-electron chi connectivity index (χ1n) is 34.1. The van der Waals surface area contributed by atoms with Crippen LogP contribution in [0.2, 0.25) is 0 Å². The predicted octanol–water partition coefficient (Wildman–Crippen LogP) is 21.8. The number of aliphatic hydroxyl groups is 2. The van der Waals surface area contributed by atoms with Gasteiger partial charge >= 0.3 is 5.97 Å². The van der Waals surface area contributed by atoms with E-state index in [1.807, 2.05) is 0 Å². The Bertz CT molecular complexity index is 1170. The zero-order valence-electron chi connectivity index (χ0n) is 50.8. The molecule has 0 aliphatic carbocycles. The Balaban J connectivity index is 3.37. The lowest BCUT2D eigenvalue weighted by Crippen LogP contribution is -2.45. The van der Waals surface area contributed by atoms with Gasteiger partial charge in [0.1, 0.15) is 0 Å². The molecule has 2 unspecified atom stereocenters. The summed E-state index contributed by atoms with van der Waals surface area (Å²) >= 11 is 0. The predicted molar refractivity (Wildman–Crippen MR) is 329 cm³/mol. The van der Waals surface area contributed by atoms with E-state index in [2.05, 4.69) is 43.5 Å². The number of hydrogen-bond acceptors (Lipinski definition) is 5. The number of allylic oxidation sites excluding steroid dienone is 4. The minimum Gasteiger partial charge on any atom is -0.466 e. The van der Waals surface area contributed by atoms with Gasteiger partial charge in [-0.3, -0.25) is 9.59 Å². The number of hydrogen-bond donors (Lipinski definition) is 3. The van der Waals surface area contributed by atoms with Crippen LogP contribution in [0.25, 0.3) is 0 Å². The van der Waals surface area contributed by atoms with E-state index in [-0.39, 0.29) is 18.5 Å². The summed E-state index contributed by atoms with van der Waals surface area (Å²) < 4.78 is 5.49. The number of carbonyl (C=O) groups is 2. The van der Waals surface area contributed by atoms with E-state index < -0.39 is 12.1 Å². The first kappa shape index (κ1) is 73.3. The van der Waals surface area contributed by atoms with Crippen molar-refractivity contribution in [3.05, 3.63) is 24.3 Å². The quantitative estimate of drug-likeness (QED) is 0.0320. The van der Waals surface area contributed by atoms with Crippen molar-refractivity contribution < 1.29 is 24.5 Å². The molecule has 1 amide bonds. The minimum atomic E-state index is -0.664. The van der Waals surface area contributed by atoms with Gasteiger partial charge < -0.3 is 20.3 Å². The van der Waals surface area contributed by atoms with Crippen LogP contribution in [0.4, 0.5) is 0 Å². The highest BCUT2D eigenvalue weighted by Gasteiger charge is 2.20. The van der Waals surface area contributed by atoms with Crippen LogP contribution in [-0.4, -0.2) is 47.4 Å². The van der Waals surface area contributed by atoms with E-state index >= 15 is 0 Å². The number of esters is 1. The molecule has 6 heteroatoms. The maximum absolute atomic E-state index is 12.5. The van der Waals surface area contributed by atoms with Crippen LogP contribution in [0.1, 0.15) is 380 Å². The lowest BCUT2D eigenvalue weighted by Gasteiger charge is -2.22. The lowest BCUT2D eigenvalue weighted by molar-refractivity contribution is -0.143. The average molecular weight is 1060 g/mol. The van der Waals surface area contributed by atoms with Gasteiger partial charge in [0.15, 0.2) is 0 Å². The van der Waals surface area contributed by atoms with Crippen LogP contribution in [0.3, 0.4) is 0 Å². The summed E-state index contributed by atoms with van der Waals surface area (Å²) in [7, 11) is 0. The van der Waals surface area contributed by atoms with Crippen molar-refractivity contribution in [1.82, 2.24) is 5.32 Å². The molecule has 2 atom stereocenters. The van der Waals surface area contributed by atoms with Crippen molar-refractivity contribution in [2.45, 2.75) is 392 Å². The van der Waals surface area contributed by atoms with E-state index in [4.69, 9.17) is 4.74 Å². The normalized spacial score (nSPS) is 12.6. The average Bonchev–Trinajstić information content (AvgIpc) is 3.41. The summed E-state index contributed by atoms with van der Waals surface area (Å²) in [6, 6.07) is -0.541. The fourth-order valence-electron chi connectivity index (χ4n) is 10.7. The van der Waals surface area contributed by atoms with Crippen molar-refractivity contribution in [2.75, 3.05) is 13.2 Å².